The maximum Gasteiger partial charge on any atom is 0.412 e. The van der Waals surface area contributed by atoms with Crippen LogP contribution in [0.1, 0.15) is 25.3 Å². The zero-order valence-corrected chi connectivity index (χ0v) is 13.2. The highest BCUT2D eigenvalue weighted by Gasteiger charge is 2.52. The highest BCUT2D eigenvalue weighted by atomic mass is 19.4. The van der Waals surface area contributed by atoms with Gasteiger partial charge >= 0.3 is 12.4 Å². The first kappa shape index (κ1) is 19.7. The van der Waals surface area contributed by atoms with Crippen molar-refractivity contribution in [3.05, 3.63) is 35.2 Å². The smallest absolute Gasteiger partial charge is 0.324 e. The predicted molar refractivity (Wildman–Crippen MR) is 78.7 cm³/mol. The predicted octanol–water partition coefficient (Wildman–Crippen LogP) is 5.13. The van der Waals surface area contributed by atoms with E-state index >= 15 is 0 Å². The summed E-state index contributed by atoms with van der Waals surface area (Å²) >= 11 is 0. The van der Waals surface area contributed by atoms with Crippen molar-refractivity contribution in [3.63, 3.8) is 0 Å². The van der Waals surface area contributed by atoms with Gasteiger partial charge in [0.15, 0.2) is 17.3 Å². The van der Waals surface area contributed by atoms with Gasteiger partial charge in [-0.15, -0.1) is 0 Å². The molecule has 0 radical (unpaired) electrons. The van der Waals surface area contributed by atoms with E-state index in [0.717, 1.165) is 12.1 Å². The van der Waals surface area contributed by atoms with Crippen molar-refractivity contribution in [3.8, 4) is 0 Å². The van der Waals surface area contributed by atoms with Gasteiger partial charge in [-0.2, -0.15) is 36.6 Å². The Morgan fingerprint density at radius 1 is 1.35 bits per heavy atom. The van der Waals surface area contributed by atoms with Crippen molar-refractivity contribution < 1.29 is 31.1 Å². The van der Waals surface area contributed by atoms with Gasteiger partial charge in [0.05, 0.1) is 12.1 Å². The summed E-state index contributed by atoms with van der Waals surface area (Å²) in [6, 6.07) is 0.362. The lowest BCUT2D eigenvalue weighted by molar-refractivity contribution is -0.148. The van der Waals surface area contributed by atoms with Crippen LogP contribution in [0.3, 0.4) is 0 Å². The molecule has 26 heavy (non-hydrogen) atoms. The van der Waals surface area contributed by atoms with Crippen LogP contribution in [0.25, 0.3) is 4.85 Å². The molecule has 0 bridgehead atoms. The lowest BCUT2D eigenvalue weighted by Crippen LogP contribution is -2.42. The fraction of sp³-hybridized carbons (Fsp3) is 0.467. The van der Waals surface area contributed by atoms with Gasteiger partial charge in [0.2, 0.25) is 0 Å². The number of benzene rings is 1. The number of halogens is 6. The van der Waals surface area contributed by atoms with Crippen molar-refractivity contribution >= 4 is 17.3 Å². The summed E-state index contributed by atoms with van der Waals surface area (Å²) in [6.45, 7) is 8.19. The van der Waals surface area contributed by atoms with Crippen molar-refractivity contribution in [2.24, 2.45) is 10.2 Å². The largest absolute Gasteiger partial charge is 0.412 e. The standard InChI is InChI=1S/C15H12F6N4O/c1-3-13(7-11(24-25-13)15(19,20)21)12(26)23-8-4-5-10(22-2)9(6-8)14(16,17)18/h4-6,11H,3,7H2,1H3,(H,23,26)/t11?,13-/m1/s1. The molecule has 0 saturated carbocycles. The fourth-order valence-corrected chi connectivity index (χ4v) is 2.46. The average molecular weight is 378 g/mol. The quantitative estimate of drug-likeness (QED) is 0.575. The molecule has 0 spiro atoms. The first-order chi connectivity index (χ1) is 11.9. The van der Waals surface area contributed by atoms with Gasteiger partial charge in [-0.1, -0.05) is 13.0 Å². The topological polar surface area (TPSA) is 58.2 Å². The fourth-order valence-electron chi connectivity index (χ4n) is 2.46. The van der Waals surface area contributed by atoms with E-state index in [1.165, 1.54) is 6.92 Å². The Labute approximate surface area is 143 Å². The summed E-state index contributed by atoms with van der Waals surface area (Å²) < 4.78 is 77.2. The summed E-state index contributed by atoms with van der Waals surface area (Å²) in [7, 11) is 0. The van der Waals surface area contributed by atoms with Crippen molar-refractivity contribution in [1.82, 2.24) is 0 Å². The molecule has 140 valence electrons. The number of nitrogens with one attached hydrogen (secondary N) is 1. The van der Waals surface area contributed by atoms with Gasteiger partial charge in [0.1, 0.15) is 0 Å². The lowest BCUT2D eigenvalue weighted by atomic mass is 9.89. The molecule has 1 amide bonds. The third-order valence-corrected chi connectivity index (χ3v) is 3.99. The minimum Gasteiger partial charge on any atom is -0.324 e. The molecule has 1 aromatic carbocycles. The monoisotopic (exact) mass is 378 g/mol. The Morgan fingerprint density at radius 3 is 2.46 bits per heavy atom. The van der Waals surface area contributed by atoms with E-state index in [4.69, 9.17) is 6.57 Å². The summed E-state index contributed by atoms with van der Waals surface area (Å²) in [5.41, 5.74) is -4.01. The Morgan fingerprint density at radius 2 is 2.00 bits per heavy atom. The van der Waals surface area contributed by atoms with Crippen molar-refractivity contribution in [2.75, 3.05) is 5.32 Å². The van der Waals surface area contributed by atoms with E-state index in [9.17, 15) is 31.1 Å². The Hall–Kier alpha value is -2.64. The number of azo groups is 1. The Balaban J connectivity index is 2.27. The summed E-state index contributed by atoms with van der Waals surface area (Å²) in [5, 5.41) is 8.70. The van der Waals surface area contributed by atoms with Gasteiger partial charge in [-0.25, -0.2) is 4.85 Å². The molecule has 5 nitrogen and oxygen atoms in total. The van der Waals surface area contributed by atoms with Gasteiger partial charge < -0.3 is 5.32 Å². The molecule has 0 saturated heterocycles. The zero-order valence-electron chi connectivity index (χ0n) is 13.2. The highest BCUT2D eigenvalue weighted by molar-refractivity contribution is 5.98. The summed E-state index contributed by atoms with van der Waals surface area (Å²) in [4.78, 5) is 15.1. The van der Waals surface area contributed by atoms with Crippen LogP contribution in [-0.4, -0.2) is 23.7 Å². The van der Waals surface area contributed by atoms with Crippen LogP contribution in [0.2, 0.25) is 0 Å². The molecular weight excluding hydrogens is 366 g/mol. The number of hydrogen-bond acceptors (Lipinski definition) is 3. The highest BCUT2D eigenvalue weighted by Crippen LogP contribution is 2.41. The van der Waals surface area contributed by atoms with E-state index in [1.807, 2.05) is 0 Å². The molecule has 0 aromatic heterocycles. The van der Waals surface area contributed by atoms with Gasteiger partial charge in [-0.05, 0) is 18.6 Å². The first-order valence-corrected chi connectivity index (χ1v) is 7.32. The van der Waals surface area contributed by atoms with Crippen LogP contribution in [0.4, 0.5) is 37.7 Å². The van der Waals surface area contributed by atoms with E-state index in [0.29, 0.717) is 6.07 Å². The summed E-state index contributed by atoms with van der Waals surface area (Å²) in [6.07, 6.45) is -10.3. The van der Waals surface area contributed by atoms with Crippen LogP contribution in [0.15, 0.2) is 28.4 Å². The number of carbonyl (C=O) groups is 1. The van der Waals surface area contributed by atoms with Gasteiger partial charge in [-0.3, -0.25) is 4.79 Å². The maximum absolute atomic E-state index is 13.0. The second-order valence-electron chi connectivity index (χ2n) is 5.66. The average Bonchev–Trinajstić information content (AvgIpc) is 3.00. The number of amides is 1. The molecule has 1 aromatic rings. The van der Waals surface area contributed by atoms with Crippen molar-refractivity contribution in [2.45, 2.75) is 43.7 Å². The first-order valence-electron chi connectivity index (χ1n) is 7.32. The minimum absolute atomic E-state index is 0.110. The number of alkyl halides is 6. The third kappa shape index (κ3) is 3.79. The number of anilines is 1. The summed E-state index contributed by atoms with van der Waals surface area (Å²) in [5.74, 6) is -0.987. The molecule has 11 heteroatoms. The van der Waals surface area contributed by atoms with Gasteiger partial charge in [0.25, 0.3) is 5.91 Å². The molecule has 1 unspecified atom stereocenters. The number of nitrogens with zero attached hydrogens (tertiary/aromatic N) is 3. The molecule has 2 rings (SSSR count). The van der Waals surface area contributed by atoms with Crippen LogP contribution in [-0.2, 0) is 11.0 Å². The van der Waals surface area contributed by atoms with Crippen LogP contribution < -0.4 is 5.32 Å². The van der Waals surface area contributed by atoms with Gasteiger partial charge in [0, 0.05) is 12.1 Å². The zero-order chi connectivity index (χ0) is 19.8. The van der Waals surface area contributed by atoms with Crippen LogP contribution >= 0.6 is 0 Å². The Kier molecular flexibility index (Phi) is 4.98. The molecule has 1 aliphatic heterocycles. The van der Waals surface area contributed by atoms with Crippen LogP contribution in [0.5, 0.6) is 0 Å². The molecule has 1 N–H and O–H groups in total. The molecule has 1 aliphatic rings. The Bertz CT molecular complexity index is 780. The SMILES string of the molecule is [C-]#[N+]c1ccc(NC(=O)[C@@]2(CC)CC(C(F)(F)F)N=N2)cc1C(F)(F)F. The molecular formula is C15H12F6N4O. The van der Waals surface area contributed by atoms with E-state index in [-0.39, 0.29) is 12.1 Å². The normalized spacial score (nSPS) is 22.9. The second-order valence-corrected chi connectivity index (χ2v) is 5.66. The number of carbonyl (C=O) groups excluding carboxylic acids is 1. The molecule has 0 aliphatic carbocycles. The van der Waals surface area contributed by atoms with E-state index in [2.05, 4.69) is 20.4 Å². The molecule has 2 atom stereocenters. The molecule has 1 heterocycles. The van der Waals surface area contributed by atoms with Crippen molar-refractivity contribution in [1.29, 1.82) is 0 Å². The second kappa shape index (κ2) is 6.59. The lowest BCUT2D eigenvalue weighted by Gasteiger charge is -2.23. The van der Waals surface area contributed by atoms with E-state index < -0.39 is 47.5 Å². The minimum atomic E-state index is -4.82. The number of hydrogen-bond donors (Lipinski definition) is 1. The maximum atomic E-state index is 13.0. The van der Waals surface area contributed by atoms with E-state index in [1.54, 1.807) is 0 Å². The van der Waals surface area contributed by atoms with Crippen LogP contribution in [0, 0.1) is 6.57 Å². The molecule has 0 fully saturated rings. The third-order valence-electron chi connectivity index (χ3n) is 3.99. The number of rotatable bonds is 3.